The first-order valence-electron chi connectivity index (χ1n) is 5.81. The molecule has 1 aliphatic carbocycles. The lowest BCUT2D eigenvalue weighted by atomic mass is 10.2. The van der Waals surface area contributed by atoms with E-state index in [0.29, 0.717) is 12.6 Å². The van der Waals surface area contributed by atoms with Crippen molar-refractivity contribution < 1.29 is 8.42 Å². The van der Waals surface area contributed by atoms with Crippen LogP contribution in [0.1, 0.15) is 40.5 Å². The average Bonchev–Trinajstić information content (AvgIpc) is 2.95. The first kappa shape index (κ1) is 13.0. The average molecular weight is 233 g/mol. The summed E-state index contributed by atoms with van der Waals surface area (Å²) in [6, 6.07) is 0.581. The Morgan fingerprint density at radius 2 is 1.73 bits per heavy atom. The molecule has 90 valence electrons. The summed E-state index contributed by atoms with van der Waals surface area (Å²) in [5.41, 5.74) is 0. The van der Waals surface area contributed by atoms with Crippen LogP contribution in [-0.4, -0.2) is 31.5 Å². The highest BCUT2D eigenvalue weighted by molar-refractivity contribution is 7.92. The molecule has 0 spiro atoms. The molecule has 0 aliphatic heterocycles. The number of nitrogens with one attached hydrogen (secondary N) is 1. The maximum absolute atomic E-state index is 12.1. The zero-order valence-corrected chi connectivity index (χ0v) is 11.0. The Morgan fingerprint density at radius 1 is 1.20 bits per heavy atom. The molecule has 4 heteroatoms. The van der Waals surface area contributed by atoms with Crippen LogP contribution in [0, 0.1) is 5.92 Å². The molecule has 1 fully saturated rings. The second kappa shape index (κ2) is 4.83. The second-order valence-electron chi connectivity index (χ2n) is 5.03. The fourth-order valence-corrected chi connectivity index (χ4v) is 3.30. The number of hydrogen-bond donors (Lipinski definition) is 1. The summed E-state index contributed by atoms with van der Waals surface area (Å²) >= 11 is 0. The summed E-state index contributed by atoms with van der Waals surface area (Å²) in [6.07, 6.45) is 2.40. The Balaban J connectivity index is 2.50. The topological polar surface area (TPSA) is 46.2 Å². The third-order valence-electron chi connectivity index (χ3n) is 3.29. The van der Waals surface area contributed by atoms with Crippen molar-refractivity contribution in [1.82, 2.24) is 5.32 Å². The molecule has 3 nitrogen and oxygen atoms in total. The minimum Gasteiger partial charge on any atom is -0.313 e. The highest BCUT2D eigenvalue weighted by Gasteiger charge is 2.31. The summed E-state index contributed by atoms with van der Waals surface area (Å²) in [5.74, 6) is 0.193. The van der Waals surface area contributed by atoms with Gasteiger partial charge < -0.3 is 5.32 Å². The molecule has 2 atom stereocenters. The van der Waals surface area contributed by atoms with E-state index in [0.717, 1.165) is 0 Å². The molecule has 0 radical (unpaired) electrons. The largest absolute Gasteiger partial charge is 0.313 e. The monoisotopic (exact) mass is 233 g/mol. The molecular formula is C11H23NO2S. The van der Waals surface area contributed by atoms with Crippen LogP contribution in [0.15, 0.2) is 0 Å². The Bertz CT molecular complexity index is 294. The molecule has 0 aromatic rings. The zero-order chi connectivity index (χ0) is 11.6. The predicted octanol–water partition coefficient (Wildman–Crippen LogP) is 1.59. The van der Waals surface area contributed by atoms with Crippen LogP contribution in [0.5, 0.6) is 0 Å². The molecule has 0 saturated heterocycles. The molecular weight excluding hydrogens is 210 g/mol. The fourth-order valence-electron chi connectivity index (χ4n) is 1.48. The van der Waals surface area contributed by atoms with Crippen LogP contribution in [0.2, 0.25) is 0 Å². The quantitative estimate of drug-likeness (QED) is 0.758. The summed E-state index contributed by atoms with van der Waals surface area (Å²) in [4.78, 5) is 0. The van der Waals surface area contributed by atoms with Crippen molar-refractivity contribution >= 4 is 9.84 Å². The van der Waals surface area contributed by atoms with Gasteiger partial charge in [-0.2, -0.15) is 0 Å². The van der Waals surface area contributed by atoms with Gasteiger partial charge in [-0.3, -0.25) is 0 Å². The minimum absolute atomic E-state index is 0.193. The normalized spacial score (nSPS) is 21.7. The smallest absolute Gasteiger partial charge is 0.156 e. The van der Waals surface area contributed by atoms with Crippen LogP contribution in [0.4, 0.5) is 0 Å². The van der Waals surface area contributed by atoms with Crippen molar-refractivity contribution in [1.29, 1.82) is 0 Å². The molecule has 0 aromatic heterocycles. The van der Waals surface area contributed by atoms with Gasteiger partial charge in [0.05, 0.1) is 10.5 Å². The molecule has 0 aromatic carbocycles. The van der Waals surface area contributed by atoms with Gasteiger partial charge >= 0.3 is 0 Å². The predicted molar refractivity (Wildman–Crippen MR) is 63.7 cm³/mol. The summed E-state index contributed by atoms with van der Waals surface area (Å²) in [6.45, 7) is 8.15. The number of rotatable bonds is 6. The third kappa shape index (κ3) is 3.45. The van der Waals surface area contributed by atoms with Crippen molar-refractivity contribution in [2.24, 2.45) is 5.92 Å². The molecule has 15 heavy (non-hydrogen) atoms. The van der Waals surface area contributed by atoms with Crippen LogP contribution in [0.25, 0.3) is 0 Å². The van der Waals surface area contributed by atoms with Gasteiger partial charge in [-0.05, 0) is 32.6 Å². The van der Waals surface area contributed by atoms with Crippen molar-refractivity contribution in [3.8, 4) is 0 Å². The van der Waals surface area contributed by atoms with Crippen molar-refractivity contribution in [3.63, 3.8) is 0 Å². The molecule has 1 aliphatic rings. The van der Waals surface area contributed by atoms with Crippen LogP contribution in [-0.2, 0) is 9.84 Å². The van der Waals surface area contributed by atoms with Crippen LogP contribution in [0.3, 0.4) is 0 Å². The van der Waals surface area contributed by atoms with Gasteiger partial charge in [-0.1, -0.05) is 13.8 Å². The van der Waals surface area contributed by atoms with Gasteiger partial charge in [-0.15, -0.1) is 0 Å². The van der Waals surface area contributed by atoms with Crippen LogP contribution < -0.4 is 5.32 Å². The van der Waals surface area contributed by atoms with Crippen LogP contribution >= 0.6 is 0 Å². The van der Waals surface area contributed by atoms with E-state index in [4.69, 9.17) is 0 Å². The van der Waals surface area contributed by atoms with E-state index in [1.165, 1.54) is 12.8 Å². The molecule has 1 rings (SSSR count). The van der Waals surface area contributed by atoms with Gasteiger partial charge in [0, 0.05) is 12.6 Å². The molecule has 0 heterocycles. The van der Waals surface area contributed by atoms with E-state index in [9.17, 15) is 8.42 Å². The van der Waals surface area contributed by atoms with Gasteiger partial charge in [0.2, 0.25) is 0 Å². The Hall–Kier alpha value is -0.0900. The molecule has 1 saturated carbocycles. The lowest BCUT2D eigenvalue weighted by Crippen LogP contribution is -2.38. The van der Waals surface area contributed by atoms with Crippen molar-refractivity contribution in [2.75, 3.05) is 6.54 Å². The summed E-state index contributed by atoms with van der Waals surface area (Å²) in [7, 11) is -2.97. The zero-order valence-electron chi connectivity index (χ0n) is 10.2. The molecule has 1 N–H and O–H groups in total. The van der Waals surface area contributed by atoms with Gasteiger partial charge in [0.1, 0.15) is 0 Å². The Morgan fingerprint density at radius 3 is 2.13 bits per heavy atom. The summed E-state index contributed by atoms with van der Waals surface area (Å²) < 4.78 is 24.1. The first-order chi connectivity index (χ1) is 6.85. The Labute approximate surface area is 93.6 Å². The number of hydrogen-bond acceptors (Lipinski definition) is 3. The highest BCUT2D eigenvalue weighted by Crippen LogP contribution is 2.20. The van der Waals surface area contributed by atoms with E-state index in [1.54, 1.807) is 0 Å². The van der Waals surface area contributed by atoms with E-state index in [-0.39, 0.29) is 16.4 Å². The van der Waals surface area contributed by atoms with Gasteiger partial charge in [0.15, 0.2) is 9.84 Å². The van der Waals surface area contributed by atoms with Gasteiger partial charge in [-0.25, -0.2) is 8.42 Å². The lowest BCUT2D eigenvalue weighted by molar-refractivity contribution is 0.528. The fraction of sp³-hybridized carbons (Fsp3) is 1.00. The van der Waals surface area contributed by atoms with E-state index < -0.39 is 9.84 Å². The molecule has 2 unspecified atom stereocenters. The Kier molecular flexibility index (Phi) is 4.18. The second-order valence-corrected chi connectivity index (χ2v) is 7.76. The minimum atomic E-state index is -2.97. The SMILES string of the molecule is CC(C)C(C)S(=O)(=O)C(C)CNC1CC1. The van der Waals surface area contributed by atoms with E-state index in [1.807, 2.05) is 27.7 Å². The van der Waals surface area contributed by atoms with Crippen molar-refractivity contribution in [2.45, 2.75) is 57.1 Å². The third-order valence-corrected chi connectivity index (χ3v) is 6.16. The highest BCUT2D eigenvalue weighted by atomic mass is 32.2. The first-order valence-corrected chi connectivity index (χ1v) is 7.42. The number of sulfone groups is 1. The molecule has 0 amide bonds. The maximum atomic E-state index is 12.1. The van der Waals surface area contributed by atoms with E-state index >= 15 is 0 Å². The lowest BCUT2D eigenvalue weighted by Gasteiger charge is -2.21. The van der Waals surface area contributed by atoms with E-state index in [2.05, 4.69) is 5.32 Å². The standard InChI is InChI=1S/C11H23NO2S/c1-8(2)10(4)15(13,14)9(3)7-12-11-5-6-11/h8-12H,5-7H2,1-4H3. The molecule has 0 bridgehead atoms. The van der Waals surface area contributed by atoms with Crippen molar-refractivity contribution in [3.05, 3.63) is 0 Å². The van der Waals surface area contributed by atoms with Gasteiger partial charge in [0.25, 0.3) is 0 Å². The summed E-state index contributed by atoms with van der Waals surface area (Å²) in [5, 5.41) is 2.77. The maximum Gasteiger partial charge on any atom is 0.156 e.